The van der Waals surface area contributed by atoms with E-state index < -0.39 is 14.6 Å². The molecule has 15 nitrogen and oxygen atoms in total. The van der Waals surface area contributed by atoms with Gasteiger partial charge < -0.3 is 79.4 Å². The van der Waals surface area contributed by atoms with Gasteiger partial charge >= 0.3 is 44.2 Å². The fourth-order valence-electron chi connectivity index (χ4n) is 0.109. The van der Waals surface area contributed by atoms with Gasteiger partial charge in [0.25, 0.3) is 0 Å². The molecule has 0 amide bonds. The van der Waals surface area contributed by atoms with Crippen LogP contribution in [0.1, 0.15) is 0 Å². The number of hydrogen-bond donors (Lipinski definition) is 4. The van der Waals surface area contributed by atoms with Crippen LogP contribution in [0.25, 0.3) is 0 Å². The fraction of sp³-hybridized carbons (Fsp3) is 0. The van der Waals surface area contributed by atoms with Crippen molar-refractivity contribution < 1.29 is 79.4 Å². The molecule has 0 aliphatic rings. The molecular formula is H25B2NaO15. The molecule has 0 saturated carbocycles. The molecule has 0 aliphatic carbocycles. The minimum atomic E-state index is -2.13. The molecule has 0 fully saturated rings. The van der Waals surface area contributed by atoms with Crippen LogP contribution in [-0.4, -0.2) is 119 Å². The molecule has 122 valence electrons. The van der Waals surface area contributed by atoms with Gasteiger partial charge in [0, 0.05) is 0 Å². The minimum absolute atomic E-state index is 0. The predicted molar refractivity (Wildman–Crippen MR) is 64.8 cm³/mol. The van der Waals surface area contributed by atoms with Gasteiger partial charge in [0.1, 0.15) is 0 Å². The van der Waals surface area contributed by atoms with Crippen LogP contribution in [0.3, 0.4) is 0 Å². The van der Waals surface area contributed by atoms with Crippen molar-refractivity contribution >= 4 is 44.2 Å². The van der Waals surface area contributed by atoms with Crippen LogP contribution >= 0.6 is 0 Å². The quantitative estimate of drug-likeness (QED) is 0.359. The van der Waals surface area contributed by atoms with Crippen LogP contribution in [0.2, 0.25) is 0 Å². The van der Waals surface area contributed by atoms with E-state index in [9.17, 15) is 0 Å². The van der Waals surface area contributed by atoms with Crippen LogP contribution in [0.4, 0.5) is 0 Å². The summed E-state index contributed by atoms with van der Waals surface area (Å²) in [5.41, 5.74) is 0. The Kier molecular flexibility index (Phi) is 627. The third-order valence-electron chi connectivity index (χ3n) is 0.243. The Morgan fingerprint density at radius 1 is 0.444 bits per heavy atom. The van der Waals surface area contributed by atoms with Gasteiger partial charge in [-0.3, -0.25) is 0 Å². The Labute approximate surface area is 124 Å². The SMILES string of the molecule is O.O.O.O.O.O.O.O.O.O.OB(O)OB(O)O.[NaH]. The van der Waals surface area contributed by atoms with E-state index in [2.05, 4.69) is 4.57 Å². The van der Waals surface area contributed by atoms with E-state index in [-0.39, 0.29) is 84.3 Å². The molecule has 0 bridgehead atoms. The summed E-state index contributed by atoms with van der Waals surface area (Å²) in [6.45, 7) is 0. The summed E-state index contributed by atoms with van der Waals surface area (Å²) in [6, 6.07) is 0. The molecule has 0 aromatic heterocycles. The van der Waals surface area contributed by atoms with Gasteiger partial charge in [-0.05, 0) is 0 Å². The first-order valence-electron chi connectivity index (χ1n) is 1.50. The van der Waals surface area contributed by atoms with Gasteiger partial charge in [-0.1, -0.05) is 0 Å². The summed E-state index contributed by atoms with van der Waals surface area (Å²) < 4.78 is 3.47. The van der Waals surface area contributed by atoms with Gasteiger partial charge in [-0.15, -0.1) is 0 Å². The maximum atomic E-state index is 7.74. The Morgan fingerprint density at radius 3 is 0.556 bits per heavy atom. The fourth-order valence-corrected chi connectivity index (χ4v) is 0.109. The van der Waals surface area contributed by atoms with Crippen LogP contribution in [0.5, 0.6) is 0 Å². The molecule has 18 heavy (non-hydrogen) atoms. The van der Waals surface area contributed by atoms with E-state index in [0.717, 1.165) is 0 Å². The van der Waals surface area contributed by atoms with Crippen molar-refractivity contribution in [3.8, 4) is 0 Å². The first kappa shape index (κ1) is 134. The first-order chi connectivity index (χ1) is 3.13. The Bertz CT molecular complexity index is 43.8. The van der Waals surface area contributed by atoms with Gasteiger partial charge in [0.15, 0.2) is 0 Å². The van der Waals surface area contributed by atoms with Crippen LogP contribution < -0.4 is 0 Å². The molecule has 0 saturated heterocycles. The van der Waals surface area contributed by atoms with Gasteiger partial charge in [-0.25, -0.2) is 0 Å². The van der Waals surface area contributed by atoms with Gasteiger partial charge in [0.2, 0.25) is 0 Å². The zero-order valence-electron chi connectivity index (χ0n) is 8.35. The molecule has 0 aromatic carbocycles. The third kappa shape index (κ3) is 194. The molecule has 18 heteroatoms. The third-order valence-corrected chi connectivity index (χ3v) is 0.243. The van der Waals surface area contributed by atoms with E-state index in [4.69, 9.17) is 20.1 Å². The molecule has 0 rings (SSSR count). The molecule has 0 unspecified atom stereocenters. The van der Waals surface area contributed by atoms with Crippen molar-refractivity contribution in [1.82, 2.24) is 0 Å². The monoisotopic (exact) mass is 310 g/mol. The van der Waals surface area contributed by atoms with Crippen molar-refractivity contribution in [1.29, 1.82) is 0 Å². The average Bonchev–Trinajstić information content (AvgIpc) is 1.27. The molecule has 0 heterocycles. The molecule has 0 aliphatic heterocycles. The summed E-state index contributed by atoms with van der Waals surface area (Å²) in [4.78, 5) is 0. The second-order valence-corrected chi connectivity index (χ2v) is 0.789. The van der Waals surface area contributed by atoms with Gasteiger partial charge in [-0.2, -0.15) is 0 Å². The second kappa shape index (κ2) is 84.5. The van der Waals surface area contributed by atoms with E-state index in [1.165, 1.54) is 0 Å². The van der Waals surface area contributed by atoms with Crippen molar-refractivity contribution in [2.75, 3.05) is 0 Å². The zero-order valence-corrected chi connectivity index (χ0v) is 8.35. The number of hydrogen-bond acceptors (Lipinski definition) is 5. The van der Waals surface area contributed by atoms with Crippen LogP contribution in [-0.2, 0) is 4.57 Å². The van der Waals surface area contributed by atoms with Crippen molar-refractivity contribution in [2.24, 2.45) is 0 Å². The van der Waals surface area contributed by atoms with Crippen molar-refractivity contribution in [3.63, 3.8) is 0 Å². The average molecular weight is 310 g/mol. The van der Waals surface area contributed by atoms with Crippen molar-refractivity contribution in [3.05, 3.63) is 0 Å². The summed E-state index contributed by atoms with van der Waals surface area (Å²) in [5.74, 6) is 0. The summed E-state index contributed by atoms with van der Waals surface area (Å²) in [7, 11) is -4.25. The summed E-state index contributed by atoms with van der Waals surface area (Å²) >= 11 is 0. The molecule has 0 spiro atoms. The van der Waals surface area contributed by atoms with Crippen LogP contribution in [0, 0.1) is 0 Å². The van der Waals surface area contributed by atoms with E-state index >= 15 is 0 Å². The predicted octanol–water partition coefficient (Wildman–Crippen LogP) is -12.0. The zero-order chi connectivity index (χ0) is 5.86. The Morgan fingerprint density at radius 2 is 0.556 bits per heavy atom. The maximum absolute atomic E-state index is 7.74. The summed E-state index contributed by atoms with van der Waals surface area (Å²) in [5, 5.41) is 30.9. The summed E-state index contributed by atoms with van der Waals surface area (Å²) in [6.07, 6.45) is 0. The molecule has 0 radical (unpaired) electrons. The Hall–Kier alpha value is 0.530. The number of rotatable bonds is 2. The molecule has 24 N–H and O–H groups in total. The first-order valence-corrected chi connectivity index (χ1v) is 1.50. The van der Waals surface area contributed by atoms with E-state index in [1.807, 2.05) is 0 Å². The van der Waals surface area contributed by atoms with Crippen molar-refractivity contribution in [2.45, 2.75) is 0 Å². The van der Waals surface area contributed by atoms with Gasteiger partial charge in [0.05, 0.1) is 0 Å². The normalized spacial score (nSPS) is 3.33. The Balaban J connectivity index is -0.00000000327. The van der Waals surface area contributed by atoms with Crippen LogP contribution in [0.15, 0.2) is 0 Å². The van der Waals surface area contributed by atoms with E-state index in [0.29, 0.717) is 0 Å². The standard InChI is InChI=1S/B2H4O5.Na.10H2O.H/c3-1(4)7-2(5)6;;;;;;;;;;;;/h3-6H;;10*1H2;. The van der Waals surface area contributed by atoms with E-state index in [1.54, 1.807) is 0 Å². The molecular weight excluding hydrogens is 285 g/mol. The molecule has 0 atom stereocenters. The topological polar surface area (TPSA) is 405 Å². The second-order valence-electron chi connectivity index (χ2n) is 0.789. The molecule has 0 aromatic rings.